The predicted molar refractivity (Wildman–Crippen MR) is 121 cm³/mol. The minimum atomic E-state index is -0.307. The van der Waals surface area contributed by atoms with Crippen LogP contribution in [-0.4, -0.2) is 51.9 Å². The van der Waals surface area contributed by atoms with Crippen LogP contribution in [-0.2, 0) is 4.79 Å². The van der Waals surface area contributed by atoms with Gasteiger partial charge in [0.25, 0.3) is 5.91 Å². The van der Waals surface area contributed by atoms with Gasteiger partial charge in [0.2, 0.25) is 17.6 Å². The number of likely N-dealkylation sites (tertiary alicyclic amines) is 1. The Balaban J connectivity index is 1.49. The van der Waals surface area contributed by atoms with Gasteiger partial charge >= 0.3 is 0 Å². The van der Waals surface area contributed by atoms with Crippen LogP contribution in [0.15, 0.2) is 53.1 Å². The van der Waals surface area contributed by atoms with Gasteiger partial charge in [-0.05, 0) is 49.9 Å². The molecule has 166 valence electrons. The second kappa shape index (κ2) is 9.53. The van der Waals surface area contributed by atoms with Crippen molar-refractivity contribution in [3.63, 3.8) is 0 Å². The SMILES string of the molecule is Cc1ccccc1C(=O)N(C)CC(=O)N1CCCCC1c1nc(-c2cccc(Cl)c2)no1. The second-order valence-corrected chi connectivity index (χ2v) is 8.48. The third kappa shape index (κ3) is 4.67. The molecule has 1 aromatic heterocycles. The lowest BCUT2D eigenvalue weighted by Gasteiger charge is -2.34. The molecule has 1 fully saturated rings. The smallest absolute Gasteiger partial charge is 0.254 e. The summed E-state index contributed by atoms with van der Waals surface area (Å²) in [5.74, 6) is 0.529. The van der Waals surface area contributed by atoms with Crippen molar-refractivity contribution < 1.29 is 14.1 Å². The van der Waals surface area contributed by atoms with E-state index in [9.17, 15) is 9.59 Å². The van der Waals surface area contributed by atoms with Gasteiger partial charge in [0.05, 0.1) is 6.54 Å². The van der Waals surface area contributed by atoms with Gasteiger partial charge in [-0.1, -0.05) is 47.1 Å². The average molecular weight is 453 g/mol. The first-order valence-corrected chi connectivity index (χ1v) is 11.0. The van der Waals surface area contributed by atoms with Gasteiger partial charge in [-0.25, -0.2) is 0 Å². The van der Waals surface area contributed by atoms with Crippen molar-refractivity contribution in [3.05, 3.63) is 70.6 Å². The van der Waals surface area contributed by atoms with E-state index in [1.807, 2.05) is 37.3 Å². The number of hydrogen-bond donors (Lipinski definition) is 0. The third-order valence-corrected chi connectivity index (χ3v) is 5.96. The predicted octanol–water partition coefficient (Wildman–Crippen LogP) is 4.52. The van der Waals surface area contributed by atoms with Gasteiger partial charge < -0.3 is 14.3 Å². The molecule has 1 atom stereocenters. The molecule has 2 amide bonds. The summed E-state index contributed by atoms with van der Waals surface area (Å²) in [4.78, 5) is 33.7. The molecular weight excluding hydrogens is 428 g/mol. The minimum absolute atomic E-state index is 0.0149. The largest absolute Gasteiger partial charge is 0.337 e. The highest BCUT2D eigenvalue weighted by Gasteiger charge is 2.33. The van der Waals surface area contributed by atoms with E-state index in [2.05, 4.69) is 10.1 Å². The Bertz CT molecular complexity index is 1130. The van der Waals surface area contributed by atoms with E-state index in [0.29, 0.717) is 28.8 Å². The molecule has 0 N–H and O–H groups in total. The second-order valence-electron chi connectivity index (χ2n) is 8.04. The molecule has 1 aliphatic rings. The number of amides is 2. The Labute approximate surface area is 192 Å². The van der Waals surface area contributed by atoms with E-state index in [1.165, 1.54) is 4.90 Å². The molecule has 0 bridgehead atoms. The number of nitrogens with zero attached hydrogens (tertiary/aromatic N) is 4. The minimum Gasteiger partial charge on any atom is -0.337 e. The highest BCUT2D eigenvalue weighted by atomic mass is 35.5. The summed E-state index contributed by atoms with van der Waals surface area (Å²) in [5, 5.41) is 4.68. The maximum absolute atomic E-state index is 13.2. The molecule has 7 nitrogen and oxygen atoms in total. The fourth-order valence-corrected chi connectivity index (χ4v) is 4.18. The van der Waals surface area contributed by atoms with Crippen LogP contribution in [0.3, 0.4) is 0 Å². The number of likely N-dealkylation sites (N-methyl/N-ethyl adjacent to an activating group) is 1. The summed E-state index contributed by atoms with van der Waals surface area (Å²) in [5.41, 5.74) is 2.23. The molecular formula is C24H25ClN4O3. The topological polar surface area (TPSA) is 79.5 Å². The number of piperidine rings is 1. The van der Waals surface area contributed by atoms with E-state index in [0.717, 1.165) is 30.4 Å². The molecule has 1 unspecified atom stereocenters. The van der Waals surface area contributed by atoms with Crippen molar-refractivity contribution in [1.82, 2.24) is 19.9 Å². The van der Waals surface area contributed by atoms with Crippen LogP contribution in [0.2, 0.25) is 5.02 Å². The molecule has 3 aromatic rings. The molecule has 0 saturated carbocycles. The summed E-state index contributed by atoms with van der Waals surface area (Å²) >= 11 is 6.07. The zero-order valence-corrected chi connectivity index (χ0v) is 18.9. The van der Waals surface area contributed by atoms with E-state index < -0.39 is 0 Å². The molecule has 2 aromatic carbocycles. The van der Waals surface area contributed by atoms with Crippen molar-refractivity contribution in [2.24, 2.45) is 0 Å². The number of carbonyl (C=O) groups is 2. The normalized spacial score (nSPS) is 16.1. The standard InChI is InChI=1S/C24H25ClN4O3/c1-16-8-3-4-11-19(16)24(31)28(2)15-21(30)29-13-6-5-12-20(29)23-26-22(27-32-23)17-9-7-10-18(25)14-17/h3-4,7-11,14,20H,5-6,12-13,15H2,1-2H3. The van der Waals surface area contributed by atoms with Crippen LogP contribution in [0.4, 0.5) is 0 Å². The summed E-state index contributed by atoms with van der Waals surface area (Å²) < 4.78 is 5.54. The Morgan fingerprint density at radius 2 is 2.00 bits per heavy atom. The van der Waals surface area contributed by atoms with Crippen LogP contribution < -0.4 is 0 Å². The number of benzene rings is 2. The molecule has 2 heterocycles. The molecule has 0 spiro atoms. The van der Waals surface area contributed by atoms with Gasteiger partial charge in [-0.2, -0.15) is 4.98 Å². The number of aromatic nitrogens is 2. The number of aryl methyl sites for hydroxylation is 1. The van der Waals surface area contributed by atoms with Gasteiger partial charge in [0, 0.05) is 29.7 Å². The fourth-order valence-electron chi connectivity index (χ4n) is 3.99. The number of halogens is 1. The van der Waals surface area contributed by atoms with Crippen LogP contribution in [0, 0.1) is 6.92 Å². The highest BCUT2D eigenvalue weighted by Crippen LogP contribution is 2.31. The zero-order chi connectivity index (χ0) is 22.7. The zero-order valence-electron chi connectivity index (χ0n) is 18.1. The monoisotopic (exact) mass is 452 g/mol. The Morgan fingerprint density at radius 1 is 1.19 bits per heavy atom. The first-order valence-electron chi connectivity index (χ1n) is 10.6. The van der Waals surface area contributed by atoms with E-state index in [1.54, 1.807) is 30.1 Å². The van der Waals surface area contributed by atoms with Crippen molar-refractivity contribution in [2.75, 3.05) is 20.1 Å². The fraction of sp³-hybridized carbons (Fsp3) is 0.333. The average Bonchev–Trinajstić information content (AvgIpc) is 3.29. The maximum Gasteiger partial charge on any atom is 0.254 e. The Hall–Kier alpha value is -3.19. The molecule has 0 radical (unpaired) electrons. The molecule has 1 saturated heterocycles. The van der Waals surface area contributed by atoms with Gasteiger partial charge in [0.1, 0.15) is 6.04 Å². The third-order valence-electron chi connectivity index (χ3n) is 5.73. The summed E-state index contributed by atoms with van der Waals surface area (Å²) in [6, 6.07) is 14.3. The lowest BCUT2D eigenvalue weighted by molar-refractivity contribution is -0.136. The molecule has 4 rings (SSSR count). The maximum atomic E-state index is 13.2. The number of hydrogen-bond acceptors (Lipinski definition) is 5. The molecule has 1 aliphatic heterocycles. The number of rotatable bonds is 5. The van der Waals surface area contributed by atoms with Gasteiger partial charge in [-0.15, -0.1) is 0 Å². The van der Waals surface area contributed by atoms with Crippen LogP contribution in [0.25, 0.3) is 11.4 Å². The summed E-state index contributed by atoms with van der Waals surface area (Å²) in [6.45, 7) is 2.46. The van der Waals surface area contributed by atoms with Gasteiger partial charge in [0.15, 0.2) is 0 Å². The highest BCUT2D eigenvalue weighted by molar-refractivity contribution is 6.30. The Kier molecular flexibility index (Phi) is 6.55. The first kappa shape index (κ1) is 22.0. The van der Waals surface area contributed by atoms with Crippen molar-refractivity contribution in [3.8, 4) is 11.4 Å². The van der Waals surface area contributed by atoms with Crippen molar-refractivity contribution in [1.29, 1.82) is 0 Å². The lowest BCUT2D eigenvalue weighted by Crippen LogP contribution is -2.45. The molecule has 32 heavy (non-hydrogen) atoms. The van der Waals surface area contributed by atoms with E-state index in [-0.39, 0.29) is 24.4 Å². The quantitative estimate of drug-likeness (QED) is 0.568. The first-order chi connectivity index (χ1) is 15.4. The van der Waals surface area contributed by atoms with Crippen molar-refractivity contribution >= 4 is 23.4 Å². The van der Waals surface area contributed by atoms with Crippen LogP contribution in [0.5, 0.6) is 0 Å². The Morgan fingerprint density at radius 3 is 2.78 bits per heavy atom. The molecule has 0 aliphatic carbocycles. The van der Waals surface area contributed by atoms with Crippen LogP contribution >= 0.6 is 11.6 Å². The van der Waals surface area contributed by atoms with Crippen LogP contribution in [0.1, 0.15) is 47.1 Å². The summed E-state index contributed by atoms with van der Waals surface area (Å²) in [7, 11) is 1.65. The van der Waals surface area contributed by atoms with Crippen molar-refractivity contribution in [2.45, 2.75) is 32.2 Å². The number of carbonyl (C=O) groups excluding carboxylic acids is 2. The van der Waals surface area contributed by atoms with E-state index in [4.69, 9.17) is 16.1 Å². The van der Waals surface area contributed by atoms with Gasteiger partial charge in [-0.3, -0.25) is 9.59 Å². The molecule has 8 heteroatoms. The lowest BCUT2D eigenvalue weighted by atomic mass is 10.0. The summed E-state index contributed by atoms with van der Waals surface area (Å²) in [6.07, 6.45) is 2.59. The van der Waals surface area contributed by atoms with E-state index >= 15 is 0 Å².